The van der Waals surface area contributed by atoms with Crippen LogP contribution >= 0.6 is 0 Å². The predicted octanol–water partition coefficient (Wildman–Crippen LogP) is 3.26. The number of methoxy groups -OCH3 is 2. The molecule has 3 aromatic rings. The molecular formula is C22H23N3O7S2. The number of carbonyl (C=O) groups excluding carboxylic acids is 1. The third-order valence-electron chi connectivity index (χ3n) is 4.55. The molecule has 34 heavy (non-hydrogen) atoms. The van der Waals surface area contributed by atoms with Crippen LogP contribution in [0.3, 0.4) is 0 Å². The van der Waals surface area contributed by atoms with Gasteiger partial charge in [-0.25, -0.2) is 16.8 Å². The third kappa shape index (κ3) is 5.97. The molecular weight excluding hydrogens is 482 g/mol. The summed E-state index contributed by atoms with van der Waals surface area (Å²) in [5.74, 6) is 0.467. The third-order valence-corrected chi connectivity index (χ3v) is 7.33. The molecule has 0 aliphatic carbocycles. The van der Waals surface area contributed by atoms with Crippen molar-refractivity contribution in [2.75, 3.05) is 29.0 Å². The van der Waals surface area contributed by atoms with Crippen LogP contribution in [0, 0.1) is 0 Å². The van der Waals surface area contributed by atoms with Crippen LogP contribution in [0.4, 0.5) is 17.1 Å². The van der Waals surface area contributed by atoms with Crippen molar-refractivity contribution in [3.05, 3.63) is 66.7 Å². The monoisotopic (exact) mass is 505 g/mol. The number of benzene rings is 3. The van der Waals surface area contributed by atoms with E-state index in [0.717, 1.165) is 0 Å². The molecule has 0 saturated heterocycles. The van der Waals surface area contributed by atoms with E-state index in [2.05, 4.69) is 14.8 Å². The van der Waals surface area contributed by atoms with Gasteiger partial charge in [0.25, 0.3) is 20.0 Å². The zero-order valence-electron chi connectivity index (χ0n) is 18.5. The van der Waals surface area contributed by atoms with Crippen LogP contribution in [-0.2, 0) is 24.8 Å². The summed E-state index contributed by atoms with van der Waals surface area (Å²) in [6, 6.07) is 15.5. The van der Waals surface area contributed by atoms with E-state index < -0.39 is 20.0 Å². The molecule has 180 valence electrons. The number of hydrogen-bond donors (Lipinski definition) is 3. The van der Waals surface area contributed by atoms with Gasteiger partial charge in [0.1, 0.15) is 11.5 Å². The smallest absolute Gasteiger partial charge is 0.262 e. The van der Waals surface area contributed by atoms with Crippen molar-refractivity contribution in [2.24, 2.45) is 0 Å². The van der Waals surface area contributed by atoms with E-state index in [-0.39, 0.29) is 27.1 Å². The van der Waals surface area contributed by atoms with E-state index >= 15 is 0 Å². The Kier molecular flexibility index (Phi) is 7.32. The molecule has 12 heteroatoms. The van der Waals surface area contributed by atoms with Crippen molar-refractivity contribution in [3.63, 3.8) is 0 Å². The maximum absolute atomic E-state index is 12.8. The summed E-state index contributed by atoms with van der Waals surface area (Å²) in [5.41, 5.74) is 0.819. The first-order chi connectivity index (χ1) is 16.0. The standard InChI is InChI=1S/C22H23N3O7S2/c1-15(26)23-16-4-9-19(10-5-16)33(27,28)24-17-6-11-20(12-7-17)34(29,30)25-21-14-18(31-2)8-13-22(21)32-3/h4-14,24-25H,1-3H3,(H,23,26). The largest absolute Gasteiger partial charge is 0.497 e. The number of anilines is 3. The lowest BCUT2D eigenvalue weighted by atomic mass is 10.3. The van der Waals surface area contributed by atoms with E-state index in [1.165, 1.54) is 75.7 Å². The molecule has 1 amide bonds. The Hall–Kier alpha value is -3.77. The van der Waals surface area contributed by atoms with E-state index in [0.29, 0.717) is 17.2 Å². The zero-order valence-corrected chi connectivity index (χ0v) is 20.2. The van der Waals surface area contributed by atoms with Crippen LogP contribution in [0.2, 0.25) is 0 Å². The molecule has 10 nitrogen and oxygen atoms in total. The quantitative estimate of drug-likeness (QED) is 0.405. The highest BCUT2D eigenvalue weighted by atomic mass is 32.2. The average molecular weight is 506 g/mol. The first kappa shape index (κ1) is 24.9. The molecule has 0 spiro atoms. The summed E-state index contributed by atoms with van der Waals surface area (Å²) < 4.78 is 66.0. The van der Waals surface area contributed by atoms with Gasteiger partial charge >= 0.3 is 0 Å². The lowest BCUT2D eigenvalue weighted by Crippen LogP contribution is -2.15. The molecule has 0 saturated carbocycles. The Labute approximate surface area is 198 Å². The van der Waals surface area contributed by atoms with Crippen molar-refractivity contribution in [2.45, 2.75) is 16.7 Å². The SMILES string of the molecule is COc1ccc(OC)c(NS(=O)(=O)c2ccc(NS(=O)(=O)c3ccc(NC(C)=O)cc3)cc2)c1. The van der Waals surface area contributed by atoms with Crippen LogP contribution in [0.25, 0.3) is 0 Å². The highest BCUT2D eigenvalue weighted by molar-refractivity contribution is 7.93. The number of rotatable bonds is 9. The summed E-state index contributed by atoms with van der Waals surface area (Å²) in [6.07, 6.45) is 0. The molecule has 3 rings (SSSR count). The zero-order chi connectivity index (χ0) is 24.9. The number of sulfonamides is 2. The molecule has 0 aromatic heterocycles. The van der Waals surface area contributed by atoms with Crippen molar-refractivity contribution < 1.29 is 31.1 Å². The van der Waals surface area contributed by atoms with Gasteiger partial charge in [-0.15, -0.1) is 0 Å². The molecule has 0 bridgehead atoms. The highest BCUT2D eigenvalue weighted by Crippen LogP contribution is 2.31. The minimum atomic E-state index is -4.00. The normalized spacial score (nSPS) is 11.4. The van der Waals surface area contributed by atoms with Crippen LogP contribution in [0.1, 0.15) is 6.92 Å². The van der Waals surface area contributed by atoms with Crippen LogP contribution in [0.15, 0.2) is 76.5 Å². The lowest BCUT2D eigenvalue weighted by molar-refractivity contribution is -0.114. The Morgan fingerprint density at radius 1 is 0.706 bits per heavy atom. The minimum absolute atomic E-state index is 0.0231. The van der Waals surface area contributed by atoms with Gasteiger partial charge < -0.3 is 14.8 Å². The maximum Gasteiger partial charge on any atom is 0.262 e. The van der Waals surface area contributed by atoms with Crippen LogP contribution in [0.5, 0.6) is 11.5 Å². The van der Waals surface area contributed by atoms with Crippen LogP contribution < -0.4 is 24.2 Å². The first-order valence-corrected chi connectivity index (χ1v) is 12.8. The summed E-state index contributed by atoms with van der Waals surface area (Å²) >= 11 is 0. The second kappa shape index (κ2) is 10.0. The first-order valence-electron chi connectivity index (χ1n) is 9.79. The van der Waals surface area contributed by atoms with Crippen molar-refractivity contribution in [1.82, 2.24) is 0 Å². The van der Waals surface area contributed by atoms with E-state index in [1.807, 2.05) is 0 Å². The predicted molar refractivity (Wildman–Crippen MR) is 128 cm³/mol. The maximum atomic E-state index is 12.8. The fourth-order valence-electron chi connectivity index (χ4n) is 2.93. The molecule has 0 unspecified atom stereocenters. The van der Waals surface area contributed by atoms with E-state index in [4.69, 9.17) is 9.47 Å². The molecule has 3 aromatic carbocycles. The van der Waals surface area contributed by atoms with Gasteiger partial charge in [-0.2, -0.15) is 0 Å². The van der Waals surface area contributed by atoms with Gasteiger partial charge in [0.15, 0.2) is 0 Å². The lowest BCUT2D eigenvalue weighted by Gasteiger charge is -2.14. The molecule has 0 atom stereocenters. The van der Waals surface area contributed by atoms with Gasteiger partial charge in [0.05, 0.1) is 29.7 Å². The molecule has 0 heterocycles. The van der Waals surface area contributed by atoms with Gasteiger partial charge in [0.2, 0.25) is 5.91 Å². The number of ether oxygens (including phenoxy) is 2. The second-order valence-corrected chi connectivity index (χ2v) is 10.4. The molecule has 0 radical (unpaired) electrons. The topological polar surface area (TPSA) is 140 Å². The van der Waals surface area contributed by atoms with Gasteiger partial charge in [0, 0.05) is 24.4 Å². The number of hydrogen-bond acceptors (Lipinski definition) is 7. The Morgan fingerprint density at radius 3 is 1.74 bits per heavy atom. The second-order valence-electron chi connectivity index (χ2n) is 7.01. The fraction of sp³-hybridized carbons (Fsp3) is 0.136. The molecule has 0 aliphatic heterocycles. The number of amides is 1. The highest BCUT2D eigenvalue weighted by Gasteiger charge is 2.19. The van der Waals surface area contributed by atoms with Crippen molar-refractivity contribution in [1.29, 1.82) is 0 Å². The van der Waals surface area contributed by atoms with Crippen molar-refractivity contribution in [3.8, 4) is 11.5 Å². The Balaban J connectivity index is 1.77. The summed E-state index contributed by atoms with van der Waals surface area (Å²) in [7, 11) is -5.06. The van der Waals surface area contributed by atoms with Crippen LogP contribution in [-0.4, -0.2) is 37.0 Å². The number of carbonyl (C=O) groups is 1. The number of nitrogens with one attached hydrogen (secondary N) is 3. The van der Waals surface area contributed by atoms with Gasteiger partial charge in [-0.05, 0) is 60.7 Å². The summed E-state index contributed by atoms with van der Waals surface area (Å²) in [5, 5.41) is 2.55. The fourth-order valence-corrected chi connectivity index (χ4v) is 5.05. The average Bonchev–Trinajstić information content (AvgIpc) is 2.79. The summed E-state index contributed by atoms with van der Waals surface area (Å²) in [4.78, 5) is 11.0. The molecule has 0 aliphatic rings. The Bertz CT molecular complexity index is 1390. The van der Waals surface area contributed by atoms with Gasteiger partial charge in [-0.3, -0.25) is 14.2 Å². The van der Waals surface area contributed by atoms with Crippen molar-refractivity contribution >= 4 is 43.0 Å². The molecule has 0 fully saturated rings. The molecule has 3 N–H and O–H groups in total. The Morgan fingerprint density at radius 2 is 1.24 bits per heavy atom. The minimum Gasteiger partial charge on any atom is -0.497 e. The summed E-state index contributed by atoms with van der Waals surface area (Å²) in [6.45, 7) is 1.35. The van der Waals surface area contributed by atoms with E-state index in [9.17, 15) is 21.6 Å². The van der Waals surface area contributed by atoms with E-state index in [1.54, 1.807) is 12.1 Å². The van der Waals surface area contributed by atoms with Gasteiger partial charge in [-0.1, -0.05) is 0 Å².